The number of hydrogen-bond donors (Lipinski definition) is 1. The van der Waals surface area contributed by atoms with E-state index in [-0.39, 0.29) is 0 Å². The molecule has 0 bridgehead atoms. The van der Waals surface area contributed by atoms with E-state index in [2.05, 4.69) is 34.7 Å². The zero-order valence-electron chi connectivity index (χ0n) is 11.2. The highest BCUT2D eigenvalue weighted by atomic mass is 35.5. The molecule has 0 saturated heterocycles. The van der Waals surface area contributed by atoms with Gasteiger partial charge in [0.15, 0.2) is 11.0 Å². The second-order valence-corrected chi connectivity index (χ2v) is 5.61. The van der Waals surface area contributed by atoms with Crippen LogP contribution in [0.15, 0.2) is 42.5 Å². The Balaban J connectivity index is 2.09. The van der Waals surface area contributed by atoms with E-state index < -0.39 is 0 Å². The second-order valence-electron chi connectivity index (χ2n) is 4.76. The monoisotopic (exact) mass is 305 g/mol. The minimum Gasteiger partial charge on any atom is -0.241 e. The summed E-state index contributed by atoms with van der Waals surface area (Å²) in [5.74, 6) is 1.19. The van der Waals surface area contributed by atoms with Crippen LogP contribution in [0.4, 0.5) is 0 Å². The van der Waals surface area contributed by atoms with Gasteiger partial charge < -0.3 is 0 Å². The van der Waals surface area contributed by atoms with Crippen LogP contribution < -0.4 is 4.57 Å². The molecule has 0 saturated carbocycles. The third-order valence-corrected chi connectivity index (χ3v) is 4.07. The fourth-order valence-electron chi connectivity index (χ4n) is 2.46. The lowest BCUT2D eigenvalue weighted by atomic mass is 10.2. The minimum atomic E-state index is 0.665. The van der Waals surface area contributed by atoms with Crippen LogP contribution in [0.25, 0.3) is 11.0 Å². The maximum atomic E-state index is 6.29. The van der Waals surface area contributed by atoms with Crippen molar-refractivity contribution in [1.82, 2.24) is 4.98 Å². The lowest BCUT2D eigenvalue weighted by Gasteiger charge is -2.04. The number of benzene rings is 2. The van der Waals surface area contributed by atoms with Gasteiger partial charge in [-0.1, -0.05) is 48.3 Å². The van der Waals surface area contributed by atoms with Crippen molar-refractivity contribution in [3.05, 3.63) is 63.9 Å². The van der Waals surface area contributed by atoms with Gasteiger partial charge in [-0.05, 0) is 24.3 Å². The fourth-order valence-corrected chi connectivity index (χ4v) is 2.93. The van der Waals surface area contributed by atoms with Gasteiger partial charge in [-0.25, -0.2) is 9.55 Å². The molecule has 102 valence electrons. The van der Waals surface area contributed by atoms with Gasteiger partial charge in [-0.3, -0.25) is 0 Å². The van der Waals surface area contributed by atoms with Crippen molar-refractivity contribution < 1.29 is 4.57 Å². The Hall–Kier alpha value is -1.51. The Morgan fingerprint density at radius 1 is 1.10 bits per heavy atom. The molecule has 20 heavy (non-hydrogen) atoms. The van der Waals surface area contributed by atoms with Gasteiger partial charge in [-0.15, -0.1) is 0 Å². The first-order chi connectivity index (χ1) is 9.69. The highest BCUT2D eigenvalue weighted by Gasteiger charge is 2.17. The summed E-state index contributed by atoms with van der Waals surface area (Å²) >= 11 is 12.2. The number of aromatic amines is 1. The fraction of sp³-hybridized carbons (Fsp3) is 0.188. The van der Waals surface area contributed by atoms with E-state index in [1.165, 1.54) is 11.3 Å². The first kappa shape index (κ1) is 13.5. The van der Waals surface area contributed by atoms with E-state index in [4.69, 9.17) is 23.2 Å². The van der Waals surface area contributed by atoms with Crippen LogP contribution in [0.3, 0.4) is 0 Å². The van der Waals surface area contributed by atoms with E-state index >= 15 is 0 Å². The molecule has 3 rings (SSSR count). The standard InChI is InChI=1S/C16H14Cl2N2/c1-2-16-19-14-5-3-4-6-15(14)20(16)10-11-7-8-12(17)9-13(11)18/h3-9H,2,10H2,1H3/p+1. The number of fused-ring (bicyclic) bond motifs is 1. The van der Waals surface area contributed by atoms with Crippen LogP contribution in [-0.2, 0) is 13.0 Å². The molecule has 1 N–H and O–H groups in total. The molecule has 0 spiro atoms. The van der Waals surface area contributed by atoms with Gasteiger partial charge in [-0.2, -0.15) is 0 Å². The number of aryl methyl sites for hydroxylation is 1. The average Bonchev–Trinajstić information content (AvgIpc) is 2.80. The van der Waals surface area contributed by atoms with Crippen molar-refractivity contribution >= 4 is 34.2 Å². The number of para-hydroxylation sites is 2. The van der Waals surface area contributed by atoms with Crippen molar-refractivity contribution in [3.63, 3.8) is 0 Å². The summed E-state index contributed by atoms with van der Waals surface area (Å²) < 4.78 is 2.27. The van der Waals surface area contributed by atoms with E-state index in [1.54, 1.807) is 6.07 Å². The molecule has 0 radical (unpaired) electrons. The van der Waals surface area contributed by atoms with Crippen LogP contribution in [0, 0.1) is 0 Å². The van der Waals surface area contributed by atoms with E-state index in [0.29, 0.717) is 10.0 Å². The number of rotatable bonds is 3. The molecule has 3 aromatic rings. The van der Waals surface area contributed by atoms with Crippen LogP contribution in [0.2, 0.25) is 10.0 Å². The Bertz CT molecular complexity index is 762. The van der Waals surface area contributed by atoms with Crippen LogP contribution >= 0.6 is 23.2 Å². The smallest absolute Gasteiger partial charge is 0.241 e. The molecule has 0 aliphatic heterocycles. The molecule has 2 nitrogen and oxygen atoms in total. The van der Waals surface area contributed by atoms with Gasteiger partial charge in [0.05, 0.1) is 0 Å². The number of aromatic nitrogens is 2. The summed E-state index contributed by atoms with van der Waals surface area (Å²) in [6.07, 6.45) is 0.944. The average molecular weight is 306 g/mol. The minimum absolute atomic E-state index is 0.665. The van der Waals surface area contributed by atoms with E-state index in [9.17, 15) is 0 Å². The second kappa shape index (κ2) is 5.47. The summed E-state index contributed by atoms with van der Waals surface area (Å²) in [6, 6.07) is 14.0. The van der Waals surface area contributed by atoms with Crippen LogP contribution in [-0.4, -0.2) is 4.98 Å². The third kappa shape index (κ3) is 2.41. The third-order valence-electron chi connectivity index (χ3n) is 3.48. The Kier molecular flexibility index (Phi) is 3.68. The normalized spacial score (nSPS) is 11.2. The van der Waals surface area contributed by atoms with Gasteiger partial charge in [0, 0.05) is 22.0 Å². The van der Waals surface area contributed by atoms with Crippen molar-refractivity contribution in [2.75, 3.05) is 0 Å². The van der Waals surface area contributed by atoms with Crippen LogP contribution in [0.1, 0.15) is 18.3 Å². The summed E-state index contributed by atoms with van der Waals surface area (Å²) in [4.78, 5) is 3.46. The number of nitrogens with one attached hydrogen (secondary N) is 1. The maximum absolute atomic E-state index is 6.29. The van der Waals surface area contributed by atoms with Gasteiger partial charge >= 0.3 is 0 Å². The molecule has 0 aliphatic carbocycles. The number of H-pyrrole nitrogens is 1. The highest BCUT2D eigenvalue weighted by Crippen LogP contribution is 2.21. The SMILES string of the molecule is CCc1[nH]c2ccccc2[n+]1Cc1ccc(Cl)cc1Cl. The Morgan fingerprint density at radius 2 is 1.90 bits per heavy atom. The molecule has 4 heteroatoms. The zero-order chi connectivity index (χ0) is 14.1. The summed E-state index contributed by atoms with van der Waals surface area (Å²) in [5.41, 5.74) is 3.41. The Morgan fingerprint density at radius 3 is 2.65 bits per heavy atom. The molecule has 2 aromatic carbocycles. The molecular weight excluding hydrogens is 291 g/mol. The van der Waals surface area contributed by atoms with Crippen molar-refractivity contribution in [1.29, 1.82) is 0 Å². The molecule has 0 amide bonds. The molecule has 0 fully saturated rings. The van der Waals surface area contributed by atoms with Gasteiger partial charge in [0.1, 0.15) is 6.54 Å². The van der Waals surface area contributed by atoms with E-state index in [0.717, 1.165) is 24.0 Å². The number of imidazole rings is 1. The predicted molar refractivity (Wildman–Crippen MR) is 83.4 cm³/mol. The van der Waals surface area contributed by atoms with Crippen molar-refractivity contribution in [3.8, 4) is 0 Å². The topological polar surface area (TPSA) is 19.7 Å². The van der Waals surface area contributed by atoms with Crippen LogP contribution in [0.5, 0.6) is 0 Å². The largest absolute Gasteiger partial charge is 0.255 e. The van der Waals surface area contributed by atoms with Gasteiger partial charge in [0.25, 0.3) is 5.82 Å². The lowest BCUT2D eigenvalue weighted by Crippen LogP contribution is -2.37. The number of halogens is 2. The maximum Gasteiger partial charge on any atom is 0.255 e. The first-order valence-corrected chi connectivity index (χ1v) is 7.38. The number of nitrogens with zero attached hydrogens (tertiary/aromatic N) is 1. The molecule has 0 aliphatic rings. The molecule has 1 aromatic heterocycles. The Labute approximate surface area is 128 Å². The molecule has 0 atom stereocenters. The molecule has 1 heterocycles. The van der Waals surface area contributed by atoms with Gasteiger partial charge in [0.2, 0.25) is 0 Å². The van der Waals surface area contributed by atoms with Crippen molar-refractivity contribution in [2.45, 2.75) is 19.9 Å². The zero-order valence-corrected chi connectivity index (χ0v) is 12.7. The summed E-state index contributed by atoms with van der Waals surface area (Å²) in [5, 5.41) is 1.37. The lowest BCUT2D eigenvalue weighted by molar-refractivity contribution is -0.669. The quantitative estimate of drug-likeness (QED) is 0.693. The van der Waals surface area contributed by atoms with Crippen molar-refractivity contribution in [2.24, 2.45) is 0 Å². The summed E-state index contributed by atoms with van der Waals surface area (Å²) in [7, 11) is 0. The predicted octanol–water partition coefficient (Wildman–Crippen LogP) is 4.37. The van der Waals surface area contributed by atoms with E-state index in [1.807, 2.05) is 18.2 Å². The molecule has 0 unspecified atom stereocenters. The highest BCUT2D eigenvalue weighted by molar-refractivity contribution is 6.35. The molecular formula is C16H15Cl2N2+. The summed E-state index contributed by atoms with van der Waals surface area (Å²) in [6.45, 7) is 2.88. The first-order valence-electron chi connectivity index (χ1n) is 6.62. The number of hydrogen-bond acceptors (Lipinski definition) is 0.